The molecule has 1 aromatic rings. The summed E-state index contributed by atoms with van der Waals surface area (Å²) in [6.45, 7) is -0.162. The van der Waals surface area contributed by atoms with Crippen LogP contribution in [-0.2, 0) is 25.5 Å². The van der Waals surface area contributed by atoms with Crippen LogP contribution < -0.4 is 10.6 Å². The van der Waals surface area contributed by atoms with Crippen LogP contribution >= 0.6 is 0 Å². The molecular formula is C19H22N4O4. The summed E-state index contributed by atoms with van der Waals surface area (Å²) < 4.78 is 4.45. The van der Waals surface area contributed by atoms with E-state index in [2.05, 4.69) is 31.5 Å². The van der Waals surface area contributed by atoms with Crippen molar-refractivity contribution in [3.8, 4) is 12.3 Å². The van der Waals surface area contributed by atoms with Crippen molar-refractivity contribution in [2.24, 2.45) is 10.2 Å². The second-order valence-electron chi connectivity index (χ2n) is 6.16. The maximum atomic E-state index is 12.1. The fourth-order valence-electron chi connectivity index (χ4n) is 2.40. The van der Waals surface area contributed by atoms with Crippen LogP contribution in [-0.4, -0.2) is 37.1 Å². The zero-order chi connectivity index (χ0) is 19.7. The molecule has 27 heavy (non-hydrogen) atoms. The van der Waals surface area contributed by atoms with Gasteiger partial charge in [0.15, 0.2) is 5.66 Å². The lowest BCUT2D eigenvalue weighted by Gasteiger charge is -2.10. The van der Waals surface area contributed by atoms with Crippen molar-refractivity contribution in [2.45, 2.75) is 37.8 Å². The monoisotopic (exact) mass is 370 g/mol. The first-order valence-corrected chi connectivity index (χ1v) is 8.56. The van der Waals surface area contributed by atoms with Gasteiger partial charge in [-0.15, -0.1) is 12.3 Å². The highest BCUT2D eigenvalue weighted by Crippen LogP contribution is 2.37. The van der Waals surface area contributed by atoms with Crippen molar-refractivity contribution < 1.29 is 19.1 Å². The minimum atomic E-state index is -0.505. The van der Waals surface area contributed by atoms with Crippen LogP contribution in [0.1, 0.15) is 31.2 Å². The van der Waals surface area contributed by atoms with Gasteiger partial charge in [0.25, 0.3) is 0 Å². The molecule has 142 valence electrons. The molecule has 0 spiro atoms. The van der Waals surface area contributed by atoms with Gasteiger partial charge in [-0.3, -0.25) is 14.4 Å². The lowest BCUT2D eigenvalue weighted by molar-refractivity contribution is -0.141. The molecule has 8 nitrogen and oxygen atoms in total. The maximum Gasteiger partial charge on any atom is 0.325 e. The van der Waals surface area contributed by atoms with E-state index in [0.717, 1.165) is 5.56 Å². The molecule has 0 saturated heterocycles. The summed E-state index contributed by atoms with van der Waals surface area (Å²) in [6, 6.07) is 6.93. The highest BCUT2D eigenvalue weighted by Gasteiger charge is 2.39. The van der Waals surface area contributed by atoms with Crippen LogP contribution in [0.2, 0.25) is 0 Å². The predicted molar refractivity (Wildman–Crippen MR) is 98.7 cm³/mol. The number of carbonyl (C=O) groups excluding carboxylic acids is 3. The van der Waals surface area contributed by atoms with E-state index in [1.54, 1.807) is 24.3 Å². The minimum absolute atomic E-state index is 0.129. The van der Waals surface area contributed by atoms with Gasteiger partial charge in [0.1, 0.15) is 6.54 Å². The van der Waals surface area contributed by atoms with E-state index in [1.807, 2.05) is 0 Å². The van der Waals surface area contributed by atoms with Gasteiger partial charge in [0.2, 0.25) is 11.8 Å². The summed E-state index contributed by atoms with van der Waals surface area (Å²) >= 11 is 0. The second kappa shape index (κ2) is 9.48. The normalized spacial score (nSPS) is 13.3. The quantitative estimate of drug-likeness (QED) is 0.483. The summed E-state index contributed by atoms with van der Waals surface area (Å²) in [4.78, 5) is 34.8. The molecule has 0 aliphatic carbocycles. The Bertz CT molecular complexity index is 759. The van der Waals surface area contributed by atoms with Gasteiger partial charge in [-0.1, -0.05) is 12.1 Å². The number of anilines is 1. The summed E-state index contributed by atoms with van der Waals surface area (Å²) in [5.74, 6) is 1.63. The second-order valence-corrected chi connectivity index (χ2v) is 6.16. The third kappa shape index (κ3) is 6.90. The van der Waals surface area contributed by atoms with Crippen LogP contribution in [0.5, 0.6) is 0 Å². The van der Waals surface area contributed by atoms with Crippen LogP contribution in [0.25, 0.3) is 0 Å². The van der Waals surface area contributed by atoms with Crippen LogP contribution in [0, 0.1) is 12.3 Å². The number of ether oxygens (including phenoxy) is 1. The molecule has 2 amide bonds. The van der Waals surface area contributed by atoms with Gasteiger partial charge in [0, 0.05) is 31.4 Å². The van der Waals surface area contributed by atoms with Crippen LogP contribution in [0.3, 0.4) is 0 Å². The standard InChI is InChI=1S/C19H22N4O4/c1-3-4-10-19(22-23-19)11-9-16(24)21-15-7-5-14(6-8-15)12-17(25)20-13-18(26)27-2/h1,5-8H,4,9-13H2,2H3,(H,20,25)(H,21,24). The van der Waals surface area contributed by atoms with E-state index in [1.165, 1.54) is 7.11 Å². The highest BCUT2D eigenvalue weighted by molar-refractivity contribution is 5.91. The van der Waals surface area contributed by atoms with Crippen molar-refractivity contribution in [1.82, 2.24) is 5.32 Å². The van der Waals surface area contributed by atoms with Crippen molar-refractivity contribution in [2.75, 3.05) is 19.0 Å². The van der Waals surface area contributed by atoms with Gasteiger partial charge in [-0.05, 0) is 17.7 Å². The molecule has 1 heterocycles. The number of nitrogens with zero attached hydrogens (tertiary/aromatic N) is 2. The summed E-state index contributed by atoms with van der Waals surface area (Å²) in [7, 11) is 1.26. The Kier molecular flexibility index (Phi) is 7.06. The topological polar surface area (TPSA) is 109 Å². The van der Waals surface area contributed by atoms with E-state index in [-0.39, 0.29) is 24.8 Å². The average Bonchev–Trinajstić information content (AvgIpc) is 3.45. The molecule has 0 aromatic heterocycles. The molecule has 0 radical (unpaired) electrons. The largest absolute Gasteiger partial charge is 0.468 e. The highest BCUT2D eigenvalue weighted by atomic mass is 16.5. The van der Waals surface area contributed by atoms with Gasteiger partial charge in [0.05, 0.1) is 13.5 Å². The molecule has 0 unspecified atom stereocenters. The van der Waals surface area contributed by atoms with E-state index in [9.17, 15) is 14.4 Å². The fraction of sp³-hybridized carbons (Fsp3) is 0.421. The first kappa shape index (κ1) is 20.1. The lowest BCUT2D eigenvalue weighted by Crippen LogP contribution is -2.31. The number of carbonyl (C=O) groups is 3. The Hall–Kier alpha value is -3.21. The van der Waals surface area contributed by atoms with Crippen LogP contribution in [0.15, 0.2) is 34.5 Å². The molecule has 8 heteroatoms. The molecule has 1 aliphatic rings. The molecular weight excluding hydrogens is 348 g/mol. The first-order chi connectivity index (χ1) is 13.0. The zero-order valence-corrected chi connectivity index (χ0v) is 15.2. The number of benzene rings is 1. The number of esters is 1. The third-order valence-corrected chi connectivity index (χ3v) is 4.06. The van der Waals surface area contributed by atoms with E-state index < -0.39 is 11.6 Å². The van der Waals surface area contributed by atoms with Crippen molar-refractivity contribution in [1.29, 1.82) is 0 Å². The first-order valence-electron chi connectivity index (χ1n) is 8.56. The third-order valence-electron chi connectivity index (χ3n) is 4.06. The van der Waals surface area contributed by atoms with Gasteiger partial charge in [-0.25, -0.2) is 0 Å². The SMILES string of the molecule is C#CCCC1(CCC(=O)Nc2ccc(CC(=O)NCC(=O)OC)cc2)N=N1. The number of hydrogen-bond donors (Lipinski definition) is 2. The Balaban J connectivity index is 1.73. The summed E-state index contributed by atoms with van der Waals surface area (Å²) in [5, 5.41) is 13.3. The average molecular weight is 370 g/mol. The Morgan fingerprint density at radius 3 is 2.44 bits per heavy atom. The van der Waals surface area contributed by atoms with E-state index in [4.69, 9.17) is 6.42 Å². The van der Waals surface area contributed by atoms with Crippen molar-refractivity contribution >= 4 is 23.5 Å². The lowest BCUT2D eigenvalue weighted by atomic mass is 10.0. The van der Waals surface area contributed by atoms with Gasteiger partial charge >= 0.3 is 5.97 Å². The number of hydrogen-bond acceptors (Lipinski definition) is 6. The molecule has 2 N–H and O–H groups in total. The molecule has 0 fully saturated rings. The van der Waals surface area contributed by atoms with E-state index in [0.29, 0.717) is 31.4 Å². The number of methoxy groups -OCH3 is 1. The molecule has 0 bridgehead atoms. The van der Waals surface area contributed by atoms with Crippen molar-refractivity contribution in [3.63, 3.8) is 0 Å². The summed E-state index contributed by atoms with van der Waals surface area (Å²) in [5.41, 5.74) is 0.936. The maximum absolute atomic E-state index is 12.1. The fourth-order valence-corrected chi connectivity index (χ4v) is 2.40. The Morgan fingerprint density at radius 1 is 1.15 bits per heavy atom. The molecule has 2 rings (SSSR count). The molecule has 0 saturated carbocycles. The molecule has 1 aromatic carbocycles. The zero-order valence-electron chi connectivity index (χ0n) is 15.2. The predicted octanol–water partition coefficient (Wildman–Crippen LogP) is 1.81. The smallest absolute Gasteiger partial charge is 0.325 e. The number of terminal acetylenes is 1. The minimum Gasteiger partial charge on any atom is -0.468 e. The van der Waals surface area contributed by atoms with Gasteiger partial charge in [-0.2, -0.15) is 10.2 Å². The van der Waals surface area contributed by atoms with Crippen molar-refractivity contribution in [3.05, 3.63) is 29.8 Å². The number of amides is 2. The number of rotatable bonds is 10. The number of nitrogens with one attached hydrogen (secondary N) is 2. The van der Waals surface area contributed by atoms with Gasteiger partial charge < -0.3 is 15.4 Å². The Labute approximate surface area is 157 Å². The summed E-state index contributed by atoms with van der Waals surface area (Å²) in [6.07, 6.45) is 7.47. The van der Waals surface area contributed by atoms with Crippen LogP contribution in [0.4, 0.5) is 5.69 Å². The molecule has 0 atom stereocenters. The molecule has 1 aliphatic heterocycles. The van der Waals surface area contributed by atoms with E-state index >= 15 is 0 Å². The Morgan fingerprint density at radius 2 is 1.85 bits per heavy atom.